The van der Waals surface area contributed by atoms with Crippen LogP contribution in [0.5, 0.6) is 0 Å². The van der Waals surface area contributed by atoms with Crippen molar-refractivity contribution in [2.45, 2.75) is 76.9 Å². The molecule has 1 aliphatic rings. The predicted molar refractivity (Wildman–Crippen MR) is 73.6 cm³/mol. The maximum Gasteiger partial charge on any atom is 0.0703 e. The Morgan fingerprint density at radius 2 is 2.00 bits per heavy atom. The zero-order valence-corrected chi connectivity index (χ0v) is 11.7. The lowest BCUT2D eigenvalue weighted by Crippen LogP contribution is -2.30. The van der Waals surface area contributed by atoms with Crippen LogP contribution in [0.4, 0.5) is 0 Å². The molecule has 1 aromatic rings. The Morgan fingerprint density at radius 3 is 2.61 bits per heavy atom. The van der Waals surface area contributed by atoms with Crippen molar-refractivity contribution in [2.24, 2.45) is 0 Å². The van der Waals surface area contributed by atoms with Crippen molar-refractivity contribution in [3.05, 3.63) is 18.0 Å². The molecule has 0 saturated heterocycles. The van der Waals surface area contributed by atoms with E-state index in [1.54, 1.807) is 0 Å². The molecule has 0 amide bonds. The molecule has 102 valence electrons. The molecule has 0 aliphatic heterocycles. The van der Waals surface area contributed by atoms with Gasteiger partial charge in [0.25, 0.3) is 0 Å². The minimum absolute atomic E-state index is 0.447. The number of aromatic nitrogens is 2. The van der Waals surface area contributed by atoms with E-state index >= 15 is 0 Å². The molecule has 1 fully saturated rings. The van der Waals surface area contributed by atoms with Crippen LogP contribution in [0.25, 0.3) is 0 Å². The first-order valence-electron chi connectivity index (χ1n) is 7.39. The fraction of sp³-hybridized carbons (Fsp3) is 0.800. The summed E-state index contributed by atoms with van der Waals surface area (Å²) in [5.41, 5.74) is 0.533. The highest BCUT2D eigenvalue weighted by molar-refractivity contribution is 5.05. The smallest absolute Gasteiger partial charge is 0.0703 e. The molecule has 18 heavy (non-hydrogen) atoms. The monoisotopic (exact) mass is 250 g/mol. The summed E-state index contributed by atoms with van der Waals surface area (Å²) in [6.07, 6.45) is 10.6. The van der Waals surface area contributed by atoms with Gasteiger partial charge in [-0.15, -0.1) is 0 Å². The zero-order chi connectivity index (χ0) is 13.0. The molecule has 1 heterocycles. The SMILES string of the molecule is CCC(C)n1ccc(CC2(O)CCCCCC2)n1. The van der Waals surface area contributed by atoms with E-state index in [1.807, 2.05) is 10.9 Å². The number of hydrogen-bond acceptors (Lipinski definition) is 2. The molecule has 3 heteroatoms. The third-order valence-corrected chi connectivity index (χ3v) is 4.25. The molecule has 1 N–H and O–H groups in total. The fourth-order valence-corrected chi connectivity index (χ4v) is 2.80. The van der Waals surface area contributed by atoms with Crippen molar-refractivity contribution in [1.82, 2.24) is 9.78 Å². The summed E-state index contributed by atoms with van der Waals surface area (Å²) in [6.45, 7) is 4.35. The van der Waals surface area contributed by atoms with Crippen LogP contribution in [0.15, 0.2) is 12.3 Å². The van der Waals surface area contributed by atoms with Gasteiger partial charge in [0.1, 0.15) is 0 Å². The average molecular weight is 250 g/mol. The lowest BCUT2D eigenvalue weighted by Gasteiger charge is -2.25. The van der Waals surface area contributed by atoms with Crippen molar-refractivity contribution in [1.29, 1.82) is 0 Å². The van der Waals surface area contributed by atoms with Crippen molar-refractivity contribution in [2.75, 3.05) is 0 Å². The second-order valence-corrected chi connectivity index (χ2v) is 5.86. The largest absolute Gasteiger partial charge is 0.389 e. The van der Waals surface area contributed by atoms with E-state index in [2.05, 4.69) is 25.0 Å². The number of nitrogens with zero attached hydrogens (tertiary/aromatic N) is 2. The van der Waals surface area contributed by atoms with E-state index in [9.17, 15) is 5.11 Å². The molecule has 0 spiro atoms. The van der Waals surface area contributed by atoms with Crippen LogP contribution in [0.2, 0.25) is 0 Å². The molecule has 1 atom stereocenters. The van der Waals surface area contributed by atoms with E-state index < -0.39 is 5.60 Å². The van der Waals surface area contributed by atoms with Crippen LogP contribution in [0, 0.1) is 0 Å². The molecule has 3 nitrogen and oxygen atoms in total. The molecule has 1 aromatic heterocycles. The fourth-order valence-electron chi connectivity index (χ4n) is 2.80. The highest BCUT2D eigenvalue weighted by Gasteiger charge is 2.29. The Kier molecular flexibility index (Phi) is 4.44. The van der Waals surface area contributed by atoms with Gasteiger partial charge in [0, 0.05) is 18.7 Å². The highest BCUT2D eigenvalue weighted by atomic mass is 16.3. The van der Waals surface area contributed by atoms with Gasteiger partial charge in [0.2, 0.25) is 0 Å². The molecule has 2 rings (SSSR count). The van der Waals surface area contributed by atoms with Crippen molar-refractivity contribution in [3.63, 3.8) is 0 Å². The Balaban J connectivity index is 2.01. The van der Waals surface area contributed by atoms with Gasteiger partial charge in [-0.1, -0.05) is 32.6 Å². The van der Waals surface area contributed by atoms with Gasteiger partial charge in [0.05, 0.1) is 11.3 Å². The molecule has 1 unspecified atom stereocenters. The van der Waals surface area contributed by atoms with E-state index in [0.717, 1.165) is 44.2 Å². The zero-order valence-electron chi connectivity index (χ0n) is 11.7. The summed E-state index contributed by atoms with van der Waals surface area (Å²) < 4.78 is 2.02. The van der Waals surface area contributed by atoms with Gasteiger partial charge in [-0.3, -0.25) is 4.68 Å². The first kappa shape index (κ1) is 13.6. The highest BCUT2D eigenvalue weighted by Crippen LogP contribution is 2.29. The van der Waals surface area contributed by atoms with Crippen LogP contribution < -0.4 is 0 Å². The van der Waals surface area contributed by atoms with Crippen LogP contribution in [-0.2, 0) is 6.42 Å². The predicted octanol–water partition coefficient (Wildman–Crippen LogP) is 3.48. The summed E-state index contributed by atoms with van der Waals surface area (Å²) in [7, 11) is 0. The number of rotatable bonds is 4. The quantitative estimate of drug-likeness (QED) is 0.831. The second-order valence-electron chi connectivity index (χ2n) is 5.86. The Labute approximate surface area is 110 Å². The number of aliphatic hydroxyl groups is 1. The Hall–Kier alpha value is -0.830. The van der Waals surface area contributed by atoms with Crippen LogP contribution in [0.3, 0.4) is 0 Å². The summed E-state index contributed by atoms with van der Waals surface area (Å²) in [5.74, 6) is 0. The summed E-state index contributed by atoms with van der Waals surface area (Å²) in [4.78, 5) is 0. The minimum Gasteiger partial charge on any atom is -0.389 e. The molecule has 0 radical (unpaired) electrons. The van der Waals surface area contributed by atoms with Gasteiger partial charge in [-0.25, -0.2) is 0 Å². The van der Waals surface area contributed by atoms with Gasteiger partial charge < -0.3 is 5.11 Å². The molecule has 0 bridgehead atoms. The molecular formula is C15H26N2O. The Bertz CT molecular complexity index is 364. The minimum atomic E-state index is -0.509. The normalized spacial score (nSPS) is 21.5. The van der Waals surface area contributed by atoms with E-state index in [-0.39, 0.29) is 0 Å². The maximum atomic E-state index is 10.7. The van der Waals surface area contributed by atoms with E-state index in [0.29, 0.717) is 6.04 Å². The summed E-state index contributed by atoms with van der Waals surface area (Å²) in [5, 5.41) is 15.3. The standard InChI is InChI=1S/C15H26N2O/c1-3-13(2)17-11-8-14(16-17)12-15(18)9-6-4-5-7-10-15/h8,11,13,18H,3-7,9-10,12H2,1-2H3. The van der Waals surface area contributed by atoms with Crippen molar-refractivity contribution in [3.8, 4) is 0 Å². The van der Waals surface area contributed by atoms with Gasteiger partial charge in [-0.05, 0) is 32.3 Å². The van der Waals surface area contributed by atoms with Crippen molar-refractivity contribution < 1.29 is 5.11 Å². The van der Waals surface area contributed by atoms with E-state index in [1.165, 1.54) is 12.8 Å². The number of hydrogen-bond donors (Lipinski definition) is 1. The van der Waals surface area contributed by atoms with Gasteiger partial charge >= 0.3 is 0 Å². The molecule has 1 aliphatic carbocycles. The van der Waals surface area contributed by atoms with Crippen LogP contribution in [-0.4, -0.2) is 20.5 Å². The van der Waals surface area contributed by atoms with E-state index in [4.69, 9.17) is 0 Å². The maximum absolute atomic E-state index is 10.7. The second kappa shape index (κ2) is 5.87. The molecule has 1 saturated carbocycles. The lowest BCUT2D eigenvalue weighted by atomic mass is 9.89. The average Bonchev–Trinajstić information content (AvgIpc) is 2.70. The first-order valence-corrected chi connectivity index (χ1v) is 7.39. The van der Waals surface area contributed by atoms with Crippen molar-refractivity contribution >= 4 is 0 Å². The summed E-state index contributed by atoms with van der Waals surface area (Å²) in [6, 6.07) is 2.51. The third-order valence-electron chi connectivity index (χ3n) is 4.25. The van der Waals surface area contributed by atoms with Gasteiger partial charge in [0.15, 0.2) is 0 Å². The topological polar surface area (TPSA) is 38.0 Å². The molecule has 0 aromatic carbocycles. The third kappa shape index (κ3) is 3.35. The summed E-state index contributed by atoms with van der Waals surface area (Å²) >= 11 is 0. The Morgan fingerprint density at radius 1 is 1.33 bits per heavy atom. The van der Waals surface area contributed by atoms with Crippen LogP contribution >= 0.6 is 0 Å². The first-order chi connectivity index (χ1) is 8.63. The van der Waals surface area contributed by atoms with Crippen LogP contribution in [0.1, 0.15) is 70.5 Å². The lowest BCUT2D eigenvalue weighted by molar-refractivity contribution is 0.0242. The van der Waals surface area contributed by atoms with Gasteiger partial charge in [-0.2, -0.15) is 5.10 Å². The molecular weight excluding hydrogens is 224 g/mol.